The standard InChI is InChI=1S/C17H29N3O3S/c1-5-6-9-15(12-18)19-17(21)14-8-7-10-16(11-14)24(22,23)20(4)13(2)3/h7-8,10-11,13,15H,5-6,9,12,18H2,1-4H3,(H,19,21). The highest BCUT2D eigenvalue weighted by molar-refractivity contribution is 7.89. The summed E-state index contributed by atoms with van der Waals surface area (Å²) in [5.74, 6) is -0.300. The van der Waals surface area contributed by atoms with Crippen LogP contribution in [0, 0.1) is 0 Å². The van der Waals surface area contributed by atoms with E-state index in [0.717, 1.165) is 19.3 Å². The number of nitrogens with two attached hydrogens (primary N) is 1. The van der Waals surface area contributed by atoms with E-state index in [-0.39, 0.29) is 22.9 Å². The predicted molar refractivity (Wildman–Crippen MR) is 96.4 cm³/mol. The zero-order valence-corrected chi connectivity index (χ0v) is 15.8. The molecule has 0 fully saturated rings. The molecule has 24 heavy (non-hydrogen) atoms. The normalized spacial score (nSPS) is 13.3. The Morgan fingerprint density at radius 2 is 2.00 bits per heavy atom. The molecule has 0 aromatic heterocycles. The number of hydrogen-bond donors (Lipinski definition) is 2. The Bertz CT molecular complexity index is 644. The van der Waals surface area contributed by atoms with Gasteiger partial charge in [-0.15, -0.1) is 0 Å². The smallest absolute Gasteiger partial charge is 0.251 e. The van der Waals surface area contributed by atoms with E-state index in [4.69, 9.17) is 5.73 Å². The van der Waals surface area contributed by atoms with Gasteiger partial charge in [0.25, 0.3) is 5.91 Å². The number of nitrogens with zero attached hydrogens (tertiary/aromatic N) is 1. The largest absolute Gasteiger partial charge is 0.348 e. The maximum atomic E-state index is 12.5. The van der Waals surface area contributed by atoms with E-state index in [1.807, 2.05) is 0 Å². The topological polar surface area (TPSA) is 92.5 Å². The average Bonchev–Trinajstić information content (AvgIpc) is 2.57. The molecule has 6 nitrogen and oxygen atoms in total. The first-order valence-corrected chi connectivity index (χ1v) is 9.77. The summed E-state index contributed by atoms with van der Waals surface area (Å²) >= 11 is 0. The molecule has 0 saturated heterocycles. The molecule has 136 valence electrons. The molecule has 7 heteroatoms. The van der Waals surface area contributed by atoms with Crippen LogP contribution in [0.5, 0.6) is 0 Å². The Morgan fingerprint density at radius 3 is 2.54 bits per heavy atom. The summed E-state index contributed by atoms with van der Waals surface area (Å²) in [4.78, 5) is 12.5. The van der Waals surface area contributed by atoms with Crippen molar-refractivity contribution in [3.8, 4) is 0 Å². The van der Waals surface area contributed by atoms with Gasteiger partial charge in [0, 0.05) is 31.2 Å². The molecule has 0 aliphatic rings. The van der Waals surface area contributed by atoms with Gasteiger partial charge in [0.2, 0.25) is 10.0 Å². The number of carbonyl (C=O) groups excluding carboxylic acids is 1. The van der Waals surface area contributed by atoms with Crippen LogP contribution in [0.1, 0.15) is 50.4 Å². The molecule has 0 bridgehead atoms. The fourth-order valence-corrected chi connectivity index (χ4v) is 3.62. The molecule has 0 saturated carbocycles. The minimum atomic E-state index is -3.61. The van der Waals surface area contributed by atoms with Gasteiger partial charge in [-0.2, -0.15) is 4.31 Å². The van der Waals surface area contributed by atoms with Crippen LogP contribution >= 0.6 is 0 Å². The van der Waals surface area contributed by atoms with E-state index >= 15 is 0 Å². The Balaban J connectivity index is 2.97. The summed E-state index contributed by atoms with van der Waals surface area (Å²) in [6, 6.07) is 5.84. The van der Waals surface area contributed by atoms with Crippen LogP contribution in [0.25, 0.3) is 0 Å². The average molecular weight is 356 g/mol. The highest BCUT2D eigenvalue weighted by Crippen LogP contribution is 2.18. The molecule has 1 rings (SSSR count). The van der Waals surface area contributed by atoms with Gasteiger partial charge in [-0.3, -0.25) is 4.79 Å². The molecule has 0 heterocycles. The van der Waals surface area contributed by atoms with Crippen LogP contribution in [0.2, 0.25) is 0 Å². The Hall–Kier alpha value is -1.44. The number of carbonyl (C=O) groups is 1. The molecule has 1 aromatic carbocycles. The molecule has 0 radical (unpaired) electrons. The van der Waals surface area contributed by atoms with E-state index in [9.17, 15) is 13.2 Å². The summed E-state index contributed by atoms with van der Waals surface area (Å²) in [7, 11) is -2.08. The van der Waals surface area contributed by atoms with Gasteiger partial charge in [0.05, 0.1) is 4.90 Å². The molecule has 1 atom stereocenters. The molecule has 0 aliphatic heterocycles. The lowest BCUT2D eigenvalue weighted by Crippen LogP contribution is -2.40. The third-order valence-electron chi connectivity index (χ3n) is 4.03. The van der Waals surface area contributed by atoms with Crippen LogP contribution in [-0.4, -0.2) is 44.3 Å². The first kappa shape index (κ1) is 20.6. The van der Waals surface area contributed by atoms with Crippen LogP contribution in [0.15, 0.2) is 29.2 Å². The van der Waals surface area contributed by atoms with Crippen molar-refractivity contribution in [2.75, 3.05) is 13.6 Å². The first-order chi connectivity index (χ1) is 11.2. The zero-order chi connectivity index (χ0) is 18.3. The summed E-state index contributed by atoms with van der Waals surface area (Å²) in [6.45, 7) is 6.04. The van der Waals surface area contributed by atoms with E-state index in [1.165, 1.54) is 23.5 Å². The fraction of sp³-hybridized carbons (Fsp3) is 0.588. The number of rotatable bonds is 9. The summed E-state index contributed by atoms with van der Waals surface area (Å²) < 4.78 is 26.4. The van der Waals surface area contributed by atoms with Crippen molar-refractivity contribution >= 4 is 15.9 Å². The Morgan fingerprint density at radius 1 is 1.33 bits per heavy atom. The maximum Gasteiger partial charge on any atom is 0.251 e. The molecule has 0 aliphatic carbocycles. The third-order valence-corrected chi connectivity index (χ3v) is 6.06. The zero-order valence-electron chi connectivity index (χ0n) is 15.0. The van der Waals surface area contributed by atoms with Crippen LogP contribution in [-0.2, 0) is 10.0 Å². The van der Waals surface area contributed by atoms with Crippen molar-refractivity contribution in [1.29, 1.82) is 0 Å². The fourth-order valence-electron chi connectivity index (χ4n) is 2.21. The van der Waals surface area contributed by atoms with Crippen LogP contribution in [0.3, 0.4) is 0 Å². The van der Waals surface area contributed by atoms with E-state index in [2.05, 4.69) is 12.2 Å². The van der Waals surface area contributed by atoms with Crippen molar-refractivity contribution in [3.05, 3.63) is 29.8 Å². The van der Waals surface area contributed by atoms with Crippen molar-refractivity contribution in [3.63, 3.8) is 0 Å². The second-order valence-corrected chi connectivity index (χ2v) is 8.19. The van der Waals surface area contributed by atoms with E-state index < -0.39 is 10.0 Å². The second kappa shape index (κ2) is 9.15. The number of amides is 1. The Labute approximate surface area is 145 Å². The monoisotopic (exact) mass is 355 g/mol. The Kier molecular flexibility index (Phi) is 7.86. The van der Waals surface area contributed by atoms with E-state index in [1.54, 1.807) is 26.0 Å². The lowest BCUT2D eigenvalue weighted by Gasteiger charge is -2.21. The van der Waals surface area contributed by atoms with E-state index in [0.29, 0.717) is 12.1 Å². The second-order valence-electron chi connectivity index (χ2n) is 6.19. The number of sulfonamides is 1. The van der Waals surface area contributed by atoms with Gasteiger partial charge < -0.3 is 11.1 Å². The number of benzene rings is 1. The van der Waals surface area contributed by atoms with Gasteiger partial charge in [-0.25, -0.2) is 8.42 Å². The highest BCUT2D eigenvalue weighted by Gasteiger charge is 2.24. The minimum Gasteiger partial charge on any atom is -0.348 e. The minimum absolute atomic E-state index is 0.101. The van der Waals surface area contributed by atoms with Gasteiger partial charge in [0.1, 0.15) is 0 Å². The third kappa shape index (κ3) is 5.29. The lowest BCUT2D eigenvalue weighted by molar-refractivity contribution is 0.0935. The quantitative estimate of drug-likeness (QED) is 0.708. The van der Waals surface area contributed by atoms with Gasteiger partial charge >= 0.3 is 0 Å². The first-order valence-electron chi connectivity index (χ1n) is 8.33. The highest BCUT2D eigenvalue weighted by atomic mass is 32.2. The molecular weight excluding hydrogens is 326 g/mol. The van der Waals surface area contributed by atoms with Crippen molar-refractivity contribution in [2.45, 2.75) is 57.0 Å². The van der Waals surface area contributed by atoms with Crippen LogP contribution < -0.4 is 11.1 Å². The van der Waals surface area contributed by atoms with Gasteiger partial charge in [-0.05, 0) is 38.5 Å². The summed E-state index contributed by atoms with van der Waals surface area (Å²) in [6.07, 6.45) is 2.82. The van der Waals surface area contributed by atoms with Gasteiger partial charge in [-0.1, -0.05) is 25.8 Å². The number of nitrogens with one attached hydrogen (secondary N) is 1. The van der Waals surface area contributed by atoms with Crippen molar-refractivity contribution in [1.82, 2.24) is 9.62 Å². The summed E-state index contributed by atoms with van der Waals surface area (Å²) in [5, 5.41) is 2.88. The molecule has 0 spiro atoms. The maximum absolute atomic E-state index is 12.5. The molecule has 1 amide bonds. The van der Waals surface area contributed by atoms with Crippen molar-refractivity contribution in [2.24, 2.45) is 5.73 Å². The SMILES string of the molecule is CCCCC(CN)NC(=O)c1cccc(S(=O)(=O)N(C)C(C)C)c1. The molecular formula is C17H29N3O3S. The molecule has 3 N–H and O–H groups in total. The van der Waals surface area contributed by atoms with Crippen molar-refractivity contribution < 1.29 is 13.2 Å². The van der Waals surface area contributed by atoms with Gasteiger partial charge in [0.15, 0.2) is 0 Å². The lowest BCUT2D eigenvalue weighted by atomic mass is 10.1. The van der Waals surface area contributed by atoms with Crippen LogP contribution in [0.4, 0.5) is 0 Å². The number of hydrogen-bond acceptors (Lipinski definition) is 4. The molecule has 1 aromatic rings. The predicted octanol–water partition coefficient (Wildman–Crippen LogP) is 1.96. The number of unbranched alkanes of at least 4 members (excludes halogenated alkanes) is 1. The molecule has 1 unspecified atom stereocenters. The summed E-state index contributed by atoms with van der Waals surface area (Å²) in [5.41, 5.74) is 6.02.